The van der Waals surface area contributed by atoms with E-state index in [0.717, 1.165) is 29.0 Å². The van der Waals surface area contributed by atoms with Crippen molar-refractivity contribution < 1.29 is 14.3 Å². The number of amides is 1. The predicted octanol–water partition coefficient (Wildman–Crippen LogP) is 2.63. The van der Waals surface area contributed by atoms with Gasteiger partial charge in [0.25, 0.3) is 5.91 Å². The van der Waals surface area contributed by atoms with Crippen LogP contribution in [-0.4, -0.2) is 31.8 Å². The van der Waals surface area contributed by atoms with Crippen LogP contribution in [0.15, 0.2) is 18.2 Å². The van der Waals surface area contributed by atoms with Gasteiger partial charge in [-0.3, -0.25) is 4.79 Å². The van der Waals surface area contributed by atoms with Crippen LogP contribution in [0.25, 0.3) is 0 Å². The maximum atomic E-state index is 11.4. The van der Waals surface area contributed by atoms with Crippen LogP contribution in [0.2, 0.25) is 0 Å². The lowest BCUT2D eigenvalue weighted by atomic mass is 10.0. The zero-order chi connectivity index (χ0) is 15.1. The van der Waals surface area contributed by atoms with Crippen molar-refractivity contribution >= 4 is 17.3 Å². The molecule has 1 amide bonds. The normalized spacial score (nSPS) is 32.9. The van der Waals surface area contributed by atoms with Crippen LogP contribution in [0, 0.1) is 11.8 Å². The van der Waals surface area contributed by atoms with Crippen molar-refractivity contribution in [1.82, 2.24) is 0 Å². The maximum absolute atomic E-state index is 11.4. The summed E-state index contributed by atoms with van der Waals surface area (Å²) in [6.07, 6.45) is 5.23. The second-order valence-electron chi connectivity index (χ2n) is 6.68. The summed E-state index contributed by atoms with van der Waals surface area (Å²) in [7, 11) is 1.82. The minimum atomic E-state index is -0.0920. The van der Waals surface area contributed by atoms with E-state index in [1.54, 1.807) is 0 Å². The summed E-state index contributed by atoms with van der Waals surface area (Å²) >= 11 is 0. The van der Waals surface area contributed by atoms with E-state index in [1.165, 1.54) is 25.7 Å². The third kappa shape index (κ3) is 2.43. The summed E-state index contributed by atoms with van der Waals surface area (Å²) in [5.74, 6) is 2.24. The van der Waals surface area contributed by atoms with Crippen molar-refractivity contribution in [1.29, 1.82) is 0 Å². The van der Waals surface area contributed by atoms with Crippen LogP contribution in [0.5, 0.6) is 5.75 Å². The minimum Gasteiger partial charge on any atom is -0.479 e. The third-order valence-corrected chi connectivity index (χ3v) is 5.30. The van der Waals surface area contributed by atoms with Gasteiger partial charge in [0.15, 0.2) is 12.4 Å². The molecule has 3 aliphatic rings. The summed E-state index contributed by atoms with van der Waals surface area (Å²) in [6, 6.07) is 6.35. The smallest absolute Gasteiger partial charge is 0.262 e. The first-order valence-electron chi connectivity index (χ1n) is 8.08. The van der Waals surface area contributed by atoms with E-state index in [4.69, 9.17) is 9.47 Å². The van der Waals surface area contributed by atoms with Gasteiger partial charge in [0, 0.05) is 13.2 Å². The van der Waals surface area contributed by atoms with Crippen molar-refractivity contribution in [3.05, 3.63) is 18.2 Å². The Morgan fingerprint density at radius 3 is 2.73 bits per heavy atom. The summed E-state index contributed by atoms with van der Waals surface area (Å²) in [5.41, 5.74) is 1.75. The Morgan fingerprint density at radius 2 is 2.00 bits per heavy atom. The Bertz CT molecular complexity index is 575. The summed E-state index contributed by atoms with van der Waals surface area (Å²) in [5, 5.41) is 6.49. The molecule has 0 spiro atoms. The zero-order valence-corrected chi connectivity index (χ0v) is 12.8. The Labute approximate surface area is 130 Å². The monoisotopic (exact) mass is 302 g/mol. The topological polar surface area (TPSA) is 59.6 Å². The maximum Gasteiger partial charge on any atom is 0.262 e. The number of anilines is 2. The van der Waals surface area contributed by atoms with Gasteiger partial charge in [-0.25, -0.2) is 0 Å². The Hall–Kier alpha value is -1.75. The van der Waals surface area contributed by atoms with Crippen LogP contribution >= 0.6 is 0 Å². The van der Waals surface area contributed by atoms with E-state index in [9.17, 15) is 4.79 Å². The number of nitrogens with one attached hydrogen (secondary N) is 2. The van der Waals surface area contributed by atoms with Crippen molar-refractivity contribution in [2.45, 2.75) is 37.8 Å². The number of methoxy groups -OCH3 is 1. The highest BCUT2D eigenvalue weighted by atomic mass is 16.5. The molecular weight excluding hydrogens is 280 g/mol. The van der Waals surface area contributed by atoms with E-state index in [1.807, 2.05) is 25.3 Å². The standard InChI is InChI=1S/C17H22N2O3/c1-21-13-7-10-5-12(6-11(10)8-13)18-14-3-2-4-15-17(14)22-9-16(20)19-15/h2-4,10-13,18H,5-9H2,1H3,(H,19,20)/t10-,11+,12?,13?. The highest BCUT2D eigenvalue weighted by Crippen LogP contribution is 2.46. The van der Waals surface area contributed by atoms with Gasteiger partial charge in [-0.2, -0.15) is 0 Å². The number of benzene rings is 1. The molecule has 1 heterocycles. The SMILES string of the molecule is COC1C[C@H]2CC(Nc3cccc4c3OCC(=O)N4)C[C@H]2C1. The molecule has 2 fully saturated rings. The average Bonchev–Trinajstić information content (AvgIpc) is 3.05. The van der Waals surface area contributed by atoms with E-state index in [0.29, 0.717) is 12.1 Å². The molecule has 4 rings (SSSR count). The number of carbonyl (C=O) groups is 1. The summed E-state index contributed by atoms with van der Waals surface area (Å²) in [6.45, 7) is 0.0944. The molecule has 2 saturated carbocycles. The van der Waals surface area contributed by atoms with Crippen molar-refractivity contribution in [3.8, 4) is 5.75 Å². The van der Waals surface area contributed by atoms with Crippen molar-refractivity contribution in [2.75, 3.05) is 24.4 Å². The Kier molecular flexibility index (Phi) is 3.45. The molecule has 0 aromatic heterocycles. The van der Waals surface area contributed by atoms with Crippen LogP contribution in [0.3, 0.4) is 0 Å². The molecule has 4 atom stereocenters. The molecule has 5 nitrogen and oxygen atoms in total. The largest absolute Gasteiger partial charge is 0.479 e. The highest BCUT2D eigenvalue weighted by molar-refractivity contribution is 5.97. The van der Waals surface area contributed by atoms with Gasteiger partial charge in [-0.15, -0.1) is 0 Å². The van der Waals surface area contributed by atoms with E-state index in [2.05, 4.69) is 10.6 Å². The molecule has 2 aliphatic carbocycles. The third-order valence-electron chi connectivity index (χ3n) is 5.30. The Morgan fingerprint density at radius 1 is 1.23 bits per heavy atom. The molecule has 0 bridgehead atoms. The van der Waals surface area contributed by atoms with Gasteiger partial charge in [0.2, 0.25) is 0 Å². The molecule has 1 aromatic carbocycles. The zero-order valence-electron chi connectivity index (χ0n) is 12.8. The second-order valence-corrected chi connectivity index (χ2v) is 6.68. The first kappa shape index (κ1) is 13.9. The number of rotatable bonds is 3. The van der Waals surface area contributed by atoms with Gasteiger partial charge >= 0.3 is 0 Å². The van der Waals surface area contributed by atoms with Crippen LogP contribution in [0.1, 0.15) is 25.7 Å². The van der Waals surface area contributed by atoms with Gasteiger partial charge in [0.1, 0.15) is 0 Å². The lowest BCUT2D eigenvalue weighted by Gasteiger charge is -2.23. The minimum absolute atomic E-state index is 0.0920. The fraction of sp³-hybridized carbons (Fsp3) is 0.588. The van der Waals surface area contributed by atoms with Crippen LogP contribution in [-0.2, 0) is 9.53 Å². The first-order valence-corrected chi connectivity index (χ1v) is 8.08. The molecule has 22 heavy (non-hydrogen) atoms. The number of hydrogen-bond donors (Lipinski definition) is 2. The van der Waals surface area contributed by atoms with Crippen LogP contribution in [0.4, 0.5) is 11.4 Å². The molecule has 0 radical (unpaired) electrons. The Balaban J connectivity index is 1.45. The van der Waals surface area contributed by atoms with Gasteiger partial charge < -0.3 is 20.1 Å². The van der Waals surface area contributed by atoms with Gasteiger partial charge in [0.05, 0.1) is 17.5 Å². The quantitative estimate of drug-likeness (QED) is 0.901. The number of carbonyl (C=O) groups excluding carboxylic acids is 1. The number of ether oxygens (including phenoxy) is 2. The average molecular weight is 302 g/mol. The van der Waals surface area contributed by atoms with Crippen molar-refractivity contribution in [3.63, 3.8) is 0 Å². The molecule has 1 aliphatic heterocycles. The lowest BCUT2D eigenvalue weighted by Crippen LogP contribution is -2.27. The number of hydrogen-bond acceptors (Lipinski definition) is 4. The van der Waals surface area contributed by atoms with Gasteiger partial charge in [-0.1, -0.05) is 6.07 Å². The first-order chi connectivity index (χ1) is 10.7. The molecule has 118 valence electrons. The fourth-order valence-electron chi connectivity index (χ4n) is 4.32. The molecule has 1 aromatic rings. The van der Waals surface area contributed by atoms with Crippen LogP contribution < -0.4 is 15.4 Å². The molecule has 0 saturated heterocycles. The molecule has 5 heteroatoms. The lowest BCUT2D eigenvalue weighted by molar-refractivity contribution is -0.118. The van der Waals surface area contributed by atoms with E-state index >= 15 is 0 Å². The highest BCUT2D eigenvalue weighted by Gasteiger charge is 2.42. The number of fused-ring (bicyclic) bond motifs is 2. The fourth-order valence-corrected chi connectivity index (χ4v) is 4.32. The predicted molar refractivity (Wildman–Crippen MR) is 84.2 cm³/mol. The van der Waals surface area contributed by atoms with E-state index < -0.39 is 0 Å². The summed E-state index contributed by atoms with van der Waals surface area (Å²) < 4.78 is 11.1. The molecule has 2 unspecified atom stereocenters. The molecule has 2 N–H and O–H groups in total. The molecular formula is C17H22N2O3. The van der Waals surface area contributed by atoms with E-state index in [-0.39, 0.29) is 12.5 Å². The van der Waals surface area contributed by atoms with Gasteiger partial charge in [-0.05, 0) is 49.7 Å². The number of para-hydroxylation sites is 1. The second kappa shape index (κ2) is 5.47. The van der Waals surface area contributed by atoms with Crippen molar-refractivity contribution in [2.24, 2.45) is 11.8 Å². The summed E-state index contributed by atoms with van der Waals surface area (Å²) in [4.78, 5) is 11.4.